The number of pyridine rings is 3. The Morgan fingerprint density at radius 1 is 0.694 bits per heavy atom. The predicted octanol–water partition coefficient (Wildman–Crippen LogP) is 11.7. The minimum absolute atomic E-state index is 0. The maximum atomic E-state index is 8.77. The van der Waals surface area contributed by atoms with Crippen LogP contribution in [0.1, 0.15) is 87.2 Å². The summed E-state index contributed by atoms with van der Waals surface area (Å²) in [6.07, 6.45) is 0.0364. The molecule has 0 saturated carbocycles. The first kappa shape index (κ1) is 28.9. The van der Waals surface area contributed by atoms with Crippen LogP contribution in [0, 0.1) is 28.4 Å². The molecule has 4 nitrogen and oxygen atoms in total. The smallest absolute Gasteiger partial charge is 0.123 e. The van der Waals surface area contributed by atoms with Gasteiger partial charge >= 0.3 is 0 Å². The fourth-order valence-corrected chi connectivity index (χ4v) is 5.65. The fraction of sp³-hybridized carbons (Fsp3) is 0.341. The van der Waals surface area contributed by atoms with E-state index in [4.69, 9.17) is 12.6 Å². The summed E-state index contributed by atoms with van der Waals surface area (Å²) in [4.78, 5) is 13.5. The molecule has 0 fully saturated rings. The van der Waals surface area contributed by atoms with Crippen LogP contribution in [0.2, 0.25) is 0 Å². The van der Waals surface area contributed by atoms with Gasteiger partial charge in [-0.1, -0.05) is 97.0 Å². The summed E-state index contributed by atoms with van der Waals surface area (Å²) in [5.41, 5.74) is 4.47. The Morgan fingerprint density at radius 3 is 2.12 bits per heavy atom. The zero-order valence-corrected chi connectivity index (χ0v) is 32.1. The van der Waals surface area contributed by atoms with Crippen LogP contribution >= 0.6 is 0 Å². The van der Waals surface area contributed by atoms with E-state index in [-0.39, 0.29) is 20.1 Å². The van der Waals surface area contributed by atoms with Gasteiger partial charge in [-0.15, -0.1) is 48.0 Å². The van der Waals surface area contributed by atoms with Gasteiger partial charge in [0.05, 0.1) is 11.1 Å². The van der Waals surface area contributed by atoms with Crippen molar-refractivity contribution in [3.05, 3.63) is 114 Å². The van der Waals surface area contributed by atoms with Gasteiger partial charge in [-0.3, -0.25) is 4.98 Å². The summed E-state index contributed by atoms with van der Waals surface area (Å²) in [5.74, 6) is 0. The molecule has 3 aromatic carbocycles. The summed E-state index contributed by atoms with van der Waals surface area (Å²) in [5, 5.41) is 2.99. The Hall–Kier alpha value is -3.92. The van der Waals surface area contributed by atoms with Gasteiger partial charge in [0.25, 0.3) is 0 Å². The van der Waals surface area contributed by atoms with Crippen molar-refractivity contribution in [2.24, 2.45) is 16.2 Å². The molecule has 255 valence electrons. The molecule has 0 amide bonds. The molecule has 0 N–H and O–H groups in total. The van der Waals surface area contributed by atoms with Crippen LogP contribution in [0.25, 0.3) is 55.4 Å². The number of benzene rings is 3. The quantitative estimate of drug-likeness (QED) is 0.128. The van der Waals surface area contributed by atoms with Gasteiger partial charge in [-0.05, 0) is 87.7 Å². The third-order valence-electron chi connectivity index (χ3n) is 7.37. The maximum absolute atomic E-state index is 8.77. The van der Waals surface area contributed by atoms with Crippen LogP contribution in [0.15, 0.2) is 89.7 Å². The zero-order chi connectivity index (χ0) is 39.6. The van der Waals surface area contributed by atoms with E-state index in [9.17, 15) is 0 Å². The average molecular weight is 832 g/mol. The molecule has 1 radical (unpaired) electrons. The Morgan fingerprint density at radius 2 is 1.43 bits per heavy atom. The molecule has 0 atom stereocenters. The molecule has 49 heavy (non-hydrogen) atoms. The predicted molar refractivity (Wildman–Crippen MR) is 200 cm³/mol. The van der Waals surface area contributed by atoms with Crippen molar-refractivity contribution in [2.75, 3.05) is 0 Å². The SMILES string of the molecule is [2H]C([2H])(c1ccnc(-c2[c-]cc3cnc4cccc5oc2c3c45)c1)C(C)(C)C.[2H]C([2H])(c1cnc(-c2[c-]cccc2)cc1C([2H])([2H])C(C)(C)C)C(C)(C)C.[Ir]. The van der Waals surface area contributed by atoms with Gasteiger partial charge in [-0.25, -0.2) is 0 Å². The molecule has 0 aliphatic carbocycles. The third kappa shape index (κ3) is 8.82. The molecule has 0 aliphatic rings. The second kappa shape index (κ2) is 14.1. The molecule has 0 bridgehead atoms. The number of furan rings is 1. The molecule has 7 rings (SSSR count). The number of rotatable bonds is 5. The maximum Gasteiger partial charge on any atom is 0.123 e. The van der Waals surface area contributed by atoms with E-state index in [0.29, 0.717) is 33.7 Å². The minimum atomic E-state index is -1.73. The Labute approximate surface area is 313 Å². The standard InChI is InChI=1S/C23H19N2O.C21H28N.Ir/c1-23(2,3)12-14-9-10-24-18(11-14)16-8-7-15-13-25-17-5-4-6-19-21(17)20(15)22(16)26-19;1-20(2,3)13-17-12-19(16-10-8-7-9-11-16)22-15-18(17)14-21(4,5)6;/h4-7,9-11,13H,12H2,1-3H3;7-10,12,15H,13-14H2,1-6H3;/q2*-1;/i12D2;13D2,14D2;. The molecular weight excluding hydrogens is 779 g/mol. The first-order chi connectivity index (χ1) is 25.0. The molecule has 0 unspecified atom stereocenters. The van der Waals surface area contributed by atoms with E-state index in [1.54, 1.807) is 24.4 Å². The number of aromatic nitrogens is 3. The van der Waals surface area contributed by atoms with Gasteiger partial charge in [0.1, 0.15) is 5.58 Å². The molecule has 0 aliphatic heterocycles. The summed E-state index contributed by atoms with van der Waals surface area (Å²) in [6.45, 7) is 16.7. The fourth-order valence-electron chi connectivity index (χ4n) is 5.65. The first-order valence-corrected chi connectivity index (χ1v) is 16.4. The number of hydrogen-bond acceptors (Lipinski definition) is 4. The normalized spacial score (nSPS) is 15.0. The van der Waals surface area contributed by atoms with E-state index in [0.717, 1.165) is 38.4 Å². The number of nitrogens with zero attached hydrogens (tertiary/aromatic N) is 3. The summed E-state index contributed by atoms with van der Waals surface area (Å²) >= 11 is 0. The second-order valence-corrected chi connectivity index (χ2v) is 15.3. The van der Waals surface area contributed by atoms with Gasteiger partial charge < -0.3 is 14.4 Å². The third-order valence-corrected chi connectivity index (χ3v) is 7.37. The minimum Gasteiger partial charge on any atom is -0.500 e. The largest absolute Gasteiger partial charge is 0.500 e. The van der Waals surface area contributed by atoms with Crippen molar-refractivity contribution in [1.82, 2.24) is 15.0 Å². The van der Waals surface area contributed by atoms with Gasteiger partial charge in [0, 0.05) is 46.1 Å². The molecule has 0 spiro atoms. The zero-order valence-electron chi connectivity index (χ0n) is 35.7. The van der Waals surface area contributed by atoms with E-state index in [1.807, 2.05) is 117 Å². The molecular formula is C44H47IrN3O-2. The van der Waals surface area contributed by atoms with Crippen molar-refractivity contribution in [3.63, 3.8) is 0 Å². The van der Waals surface area contributed by atoms with E-state index in [2.05, 4.69) is 27.1 Å². The van der Waals surface area contributed by atoms with Crippen LogP contribution in [0.4, 0.5) is 0 Å². The molecule has 4 heterocycles. The Balaban J connectivity index is 0.000000208. The van der Waals surface area contributed by atoms with Crippen LogP contribution in [0.5, 0.6) is 0 Å². The van der Waals surface area contributed by atoms with Gasteiger partial charge in [-0.2, -0.15) is 0 Å². The van der Waals surface area contributed by atoms with E-state index in [1.165, 1.54) is 6.20 Å². The summed E-state index contributed by atoms with van der Waals surface area (Å²) < 4.78 is 58.2. The van der Waals surface area contributed by atoms with Crippen molar-refractivity contribution in [1.29, 1.82) is 0 Å². The molecule has 7 aromatic rings. The summed E-state index contributed by atoms with van der Waals surface area (Å²) in [7, 11) is 0. The van der Waals surface area contributed by atoms with Gasteiger partial charge in [0.2, 0.25) is 0 Å². The topological polar surface area (TPSA) is 51.8 Å². The second-order valence-electron chi connectivity index (χ2n) is 15.3. The average Bonchev–Trinajstić information content (AvgIpc) is 3.50. The first-order valence-electron chi connectivity index (χ1n) is 19.4. The van der Waals surface area contributed by atoms with Crippen LogP contribution < -0.4 is 0 Å². The van der Waals surface area contributed by atoms with Crippen molar-refractivity contribution in [2.45, 2.75) is 81.4 Å². The molecule has 4 aromatic heterocycles. The van der Waals surface area contributed by atoms with Crippen LogP contribution in [-0.2, 0) is 39.2 Å². The van der Waals surface area contributed by atoms with E-state index >= 15 is 0 Å². The Kier molecular flexibility index (Phi) is 8.33. The summed E-state index contributed by atoms with van der Waals surface area (Å²) in [6, 6.07) is 26.8. The Bertz CT molecular complexity index is 2440. The van der Waals surface area contributed by atoms with E-state index < -0.39 is 35.4 Å². The van der Waals surface area contributed by atoms with Crippen molar-refractivity contribution in [3.8, 4) is 22.5 Å². The monoisotopic (exact) mass is 832 g/mol. The number of hydrogen-bond donors (Lipinski definition) is 0. The van der Waals surface area contributed by atoms with Crippen LogP contribution in [0.3, 0.4) is 0 Å². The van der Waals surface area contributed by atoms with Crippen LogP contribution in [-0.4, -0.2) is 15.0 Å². The molecule has 0 saturated heterocycles. The van der Waals surface area contributed by atoms with Gasteiger partial charge in [0.15, 0.2) is 0 Å². The molecule has 5 heteroatoms. The van der Waals surface area contributed by atoms with Crippen molar-refractivity contribution < 1.29 is 32.7 Å². The van der Waals surface area contributed by atoms with Crippen molar-refractivity contribution >= 4 is 32.8 Å².